The van der Waals surface area contributed by atoms with Crippen molar-refractivity contribution in [1.29, 1.82) is 0 Å². The minimum absolute atomic E-state index is 0.0200. The van der Waals surface area contributed by atoms with Crippen molar-refractivity contribution >= 4 is 68.4 Å². The molecule has 0 unspecified atom stereocenters. The molecule has 74 heavy (non-hydrogen) atoms. The van der Waals surface area contributed by atoms with E-state index in [4.69, 9.17) is 4.74 Å². The molecule has 1 saturated heterocycles. The molecule has 17 heteroatoms. The van der Waals surface area contributed by atoms with Gasteiger partial charge in [-0.1, -0.05) is 57.2 Å². The summed E-state index contributed by atoms with van der Waals surface area (Å²) >= 11 is 2.92. The predicted octanol–water partition coefficient (Wildman–Crippen LogP) is 9.33. The SMILES string of the molecule is Cc1ncsc1-c1ccc([C@H](C)NC(=O)[C@@H]2C[C@@H](O)CN2C(=O)[C@@H](NC(=O)CCCCOc2ccc(/C=N/NC(=O)c3cccc(C(=O)c4c(-c5ccc(O)cc5)sc5cc(O)ccc45)c3)cc2)C(C)(C)C)cc1. The third-order valence-corrected chi connectivity index (χ3v) is 15.0. The number of β-amino-alcohol motifs (C(OH)–C–C–N with tert-alkyl or cyclic N) is 1. The zero-order valence-corrected chi connectivity index (χ0v) is 43.3. The molecule has 2 aromatic heterocycles. The molecule has 382 valence electrons. The average molecular weight is 1040 g/mol. The van der Waals surface area contributed by atoms with Gasteiger partial charge in [-0.15, -0.1) is 22.7 Å². The van der Waals surface area contributed by atoms with Crippen molar-refractivity contribution < 1.29 is 44.0 Å². The summed E-state index contributed by atoms with van der Waals surface area (Å²) in [4.78, 5) is 75.9. The number of amides is 4. The van der Waals surface area contributed by atoms with Gasteiger partial charge in [0.1, 0.15) is 29.3 Å². The number of hydrogen-bond acceptors (Lipinski definition) is 13. The Kier molecular flexibility index (Phi) is 16.3. The molecule has 1 aliphatic heterocycles. The number of benzene rings is 5. The molecule has 0 radical (unpaired) electrons. The van der Waals surface area contributed by atoms with Crippen LogP contribution in [0.2, 0.25) is 0 Å². The largest absolute Gasteiger partial charge is 0.508 e. The number of rotatable bonds is 18. The Hall–Kier alpha value is -7.73. The van der Waals surface area contributed by atoms with Gasteiger partial charge in [-0.2, -0.15) is 5.10 Å². The molecule has 4 amide bonds. The summed E-state index contributed by atoms with van der Waals surface area (Å²) in [5.74, 6) is -1.17. The maximum absolute atomic E-state index is 14.1. The summed E-state index contributed by atoms with van der Waals surface area (Å²) in [6.07, 6.45) is 1.89. The summed E-state index contributed by atoms with van der Waals surface area (Å²) < 4.78 is 6.63. The number of ether oxygens (including phenoxy) is 1. The highest BCUT2D eigenvalue weighted by Crippen LogP contribution is 2.42. The highest BCUT2D eigenvalue weighted by molar-refractivity contribution is 7.22. The van der Waals surface area contributed by atoms with Gasteiger partial charge < -0.3 is 35.6 Å². The van der Waals surface area contributed by atoms with Gasteiger partial charge in [0.25, 0.3) is 5.91 Å². The standard InChI is InChI=1S/C57H58N6O9S2/c1-33(36-14-16-37(17-15-36)51-34(2)58-32-73-51)60-55(70)46-28-43(66)31-63(46)56(71)53(57(3,4)5)61-48(67)11-6-7-26-72-44-23-12-35(13-24-44)30-59-62-54(69)40-10-8-9-39(27-40)50(68)49-45-25-22-42(65)29-47(45)74-52(49)38-18-20-41(64)21-19-38/h8-10,12-25,27,29-30,32-33,43,46,53,64-66H,6-7,11,26,28,31H2,1-5H3,(H,60,70)(H,61,67)(H,62,69)/b59-30+/t33-,43+,46-,53+/m0/s1. The van der Waals surface area contributed by atoms with Crippen LogP contribution in [0.5, 0.6) is 17.2 Å². The topological polar surface area (TPSA) is 220 Å². The lowest BCUT2D eigenvalue weighted by Gasteiger charge is -2.35. The first-order valence-corrected chi connectivity index (χ1v) is 26.0. The number of fused-ring (bicyclic) bond motifs is 1. The lowest BCUT2D eigenvalue weighted by atomic mass is 9.85. The molecule has 5 aromatic carbocycles. The average Bonchev–Trinajstić information content (AvgIpc) is 4.11. The Bertz CT molecular complexity index is 3200. The Morgan fingerprint density at radius 3 is 2.24 bits per heavy atom. The van der Waals surface area contributed by atoms with Crippen molar-refractivity contribution in [3.05, 3.63) is 154 Å². The molecule has 0 spiro atoms. The number of aromatic hydroxyl groups is 2. The Balaban J connectivity index is 0.786. The number of carbonyl (C=O) groups is 5. The first kappa shape index (κ1) is 52.6. The summed E-state index contributed by atoms with van der Waals surface area (Å²) in [6, 6.07) is 30.5. The molecule has 0 bridgehead atoms. The van der Waals surface area contributed by atoms with Gasteiger partial charge in [0, 0.05) is 51.0 Å². The van der Waals surface area contributed by atoms with Crippen LogP contribution in [0.3, 0.4) is 0 Å². The Morgan fingerprint density at radius 1 is 0.851 bits per heavy atom. The number of nitrogens with zero attached hydrogens (tertiary/aromatic N) is 3. The van der Waals surface area contributed by atoms with E-state index in [2.05, 4.69) is 26.1 Å². The number of aliphatic hydroxyl groups excluding tert-OH is 1. The number of phenolic OH excluding ortho intramolecular Hbond substituents is 2. The van der Waals surface area contributed by atoms with Gasteiger partial charge >= 0.3 is 0 Å². The minimum Gasteiger partial charge on any atom is -0.508 e. The van der Waals surface area contributed by atoms with Crippen LogP contribution in [0.15, 0.2) is 126 Å². The van der Waals surface area contributed by atoms with E-state index in [9.17, 15) is 39.3 Å². The van der Waals surface area contributed by atoms with Gasteiger partial charge in [-0.05, 0) is 133 Å². The van der Waals surface area contributed by atoms with Gasteiger partial charge in [-0.25, -0.2) is 10.4 Å². The maximum Gasteiger partial charge on any atom is 0.271 e. The normalized spacial score (nSPS) is 15.5. The number of aromatic nitrogens is 1. The van der Waals surface area contributed by atoms with Crippen LogP contribution in [-0.4, -0.2) is 92.2 Å². The second kappa shape index (κ2) is 23.0. The predicted molar refractivity (Wildman–Crippen MR) is 288 cm³/mol. The number of thiophene rings is 1. The zero-order valence-electron chi connectivity index (χ0n) is 41.6. The zero-order chi connectivity index (χ0) is 52.7. The van der Waals surface area contributed by atoms with Crippen LogP contribution in [0.25, 0.3) is 31.0 Å². The molecule has 8 rings (SSSR count). The van der Waals surface area contributed by atoms with Crippen molar-refractivity contribution in [1.82, 2.24) is 25.9 Å². The van der Waals surface area contributed by atoms with E-state index in [-0.39, 0.29) is 60.1 Å². The molecule has 0 saturated carbocycles. The number of ketones is 1. The summed E-state index contributed by atoms with van der Waals surface area (Å²) in [6.45, 7) is 9.70. The molecule has 15 nitrogen and oxygen atoms in total. The van der Waals surface area contributed by atoms with Crippen molar-refractivity contribution in [2.45, 2.75) is 84.5 Å². The molecular formula is C57H58N6O9S2. The van der Waals surface area contributed by atoms with Gasteiger partial charge in [0.05, 0.1) is 41.0 Å². The first-order valence-electron chi connectivity index (χ1n) is 24.3. The molecule has 3 heterocycles. The van der Waals surface area contributed by atoms with Crippen molar-refractivity contribution in [3.63, 3.8) is 0 Å². The number of hydrazone groups is 1. The second-order valence-corrected chi connectivity index (χ2v) is 21.3. The number of unbranched alkanes of at least 4 members (excludes halogenated alkanes) is 1. The van der Waals surface area contributed by atoms with E-state index in [0.717, 1.165) is 27.3 Å². The number of phenols is 2. The summed E-state index contributed by atoms with van der Waals surface area (Å²) in [5, 5.41) is 41.4. The number of aryl methyl sites for hydroxylation is 1. The molecular weight excluding hydrogens is 977 g/mol. The summed E-state index contributed by atoms with van der Waals surface area (Å²) in [7, 11) is 0. The van der Waals surface area contributed by atoms with E-state index >= 15 is 0 Å². The van der Waals surface area contributed by atoms with E-state index in [1.165, 1.54) is 34.6 Å². The third-order valence-electron chi connectivity index (χ3n) is 12.8. The van der Waals surface area contributed by atoms with Gasteiger partial charge in [-0.3, -0.25) is 24.0 Å². The molecule has 7 aromatic rings. The monoisotopic (exact) mass is 1030 g/mol. The number of thiazole rings is 1. The highest BCUT2D eigenvalue weighted by atomic mass is 32.1. The lowest BCUT2D eigenvalue weighted by molar-refractivity contribution is -0.144. The molecule has 1 aliphatic rings. The number of aliphatic hydroxyl groups is 1. The highest BCUT2D eigenvalue weighted by Gasteiger charge is 2.44. The van der Waals surface area contributed by atoms with Gasteiger partial charge in [0.15, 0.2) is 5.78 Å². The van der Waals surface area contributed by atoms with Crippen LogP contribution < -0.4 is 20.8 Å². The van der Waals surface area contributed by atoms with E-state index in [1.807, 2.05) is 64.4 Å². The van der Waals surface area contributed by atoms with E-state index in [0.29, 0.717) is 56.9 Å². The smallest absolute Gasteiger partial charge is 0.271 e. The number of nitrogens with one attached hydrogen (secondary N) is 3. The quantitative estimate of drug-likeness (QED) is 0.0207. The fourth-order valence-corrected chi connectivity index (χ4v) is 10.8. The fourth-order valence-electron chi connectivity index (χ4n) is 8.78. The third kappa shape index (κ3) is 12.5. The number of likely N-dealkylation sites (tertiary alicyclic amines) is 1. The van der Waals surface area contributed by atoms with Crippen LogP contribution in [0.1, 0.15) is 103 Å². The van der Waals surface area contributed by atoms with E-state index < -0.39 is 35.4 Å². The Labute approximate surface area is 437 Å². The van der Waals surface area contributed by atoms with E-state index in [1.54, 1.807) is 90.2 Å². The molecule has 1 fully saturated rings. The first-order chi connectivity index (χ1) is 35.4. The number of hydrogen-bond donors (Lipinski definition) is 6. The maximum atomic E-state index is 14.1. The van der Waals surface area contributed by atoms with Crippen LogP contribution in [0, 0.1) is 12.3 Å². The van der Waals surface area contributed by atoms with Crippen LogP contribution >= 0.6 is 22.7 Å². The summed E-state index contributed by atoms with van der Waals surface area (Å²) in [5.41, 5.74) is 8.88. The number of carbonyl (C=O) groups excluding carboxylic acids is 5. The van der Waals surface area contributed by atoms with Crippen molar-refractivity contribution in [2.75, 3.05) is 13.2 Å². The fraction of sp³-hybridized carbons (Fsp3) is 0.281. The minimum atomic E-state index is -0.937. The van der Waals surface area contributed by atoms with Crippen LogP contribution in [-0.2, 0) is 14.4 Å². The van der Waals surface area contributed by atoms with Crippen LogP contribution in [0.4, 0.5) is 0 Å². The van der Waals surface area contributed by atoms with Gasteiger partial charge in [0.2, 0.25) is 17.7 Å². The molecule has 6 N–H and O–H groups in total. The lowest BCUT2D eigenvalue weighted by Crippen LogP contribution is -2.57. The molecule has 0 aliphatic carbocycles. The van der Waals surface area contributed by atoms with Crippen molar-refractivity contribution in [3.8, 4) is 38.1 Å². The second-order valence-electron chi connectivity index (χ2n) is 19.4. The molecule has 4 atom stereocenters. The van der Waals surface area contributed by atoms with Crippen molar-refractivity contribution in [2.24, 2.45) is 10.5 Å². The Morgan fingerprint density at radius 2 is 1.54 bits per heavy atom.